The quantitative estimate of drug-likeness (QED) is 0.399. The predicted molar refractivity (Wildman–Crippen MR) is 122 cm³/mol. The van der Waals surface area contributed by atoms with Crippen LogP contribution in [0.3, 0.4) is 0 Å². The fraction of sp³-hybridized carbons (Fsp3) is 0.0800. The van der Waals surface area contributed by atoms with E-state index < -0.39 is 11.8 Å². The zero-order valence-corrected chi connectivity index (χ0v) is 18.0. The zero-order valence-electron chi connectivity index (χ0n) is 18.0. The average Bonchev–Trinajstić information content (AvgIpc) is 3.55. The van der Waals surface area contributed by atoms with Crippen molar-refractivity contribution in [3.05, 3.63) is 95.6 Å². The Morgan fingerprint density at radius 1 is 0.848 bits per heavy atom. The van der Waals surface area contributed by atoms with E-state index in [1.807, 2.05) is 55.5 Å². The average molecular weight is 440 g/mol. The number of carbonyl (C=O) groups is 2. The molecule has 0 aliphatic heterocycles. The summed E-state index contributed by atoms with van der Waals surface area (Å²) in [4.78, 5) is 25.7. The fourth-order valence-corrected chi connectivity index (χ4v) is 3.63. The minimum Gasteiger partial charge on any atom is -0.460 e. The number of nitrogens with zero attached hydrogens (tertiary/aromatic N) is 2. The van der Waals surface area contributed by atoms with Crippen molar-refractivity contribution in [2.75, 3.05) is 0 Å². The topological polar surface area (TPSA) is 102 Å². The summed E-state index contributed by atoms with van der Waals surface area (Å²) in [6.07, 6.45) is 1.59. The van der Waals surface area contributed by atoms with Gasteiger partial charge in [-0.05, 0) is 44.2 Å². The van der Waals surface area contributed by atoms with E-state index in [0.29, 0.717) is 28.4 Å². The molecule has 0 aliphatic carbocycles. The molecule has 5 rings (SSSR count). The second-order valence-electron chi connectivity index (χ2n) is 7.54. The van der Waals surface area contributed by atoms with Crippen LogP contribution in [0.4, 0.5) is 0 Å². The first kappa shape index (κ1) is 20.3. The first-order chi connectivity index (χ1) is 16.0. The highest BCUT2D eigenvalue weighted by atomic mass is 16.3. The van der Waals surface area contributed by atoms with Gasteiger partial charge >= 0.3 is 5.91 Å². The molecule has 0 fully saturated rings. The molecular weight excluding hydrogens is 420 g/mol. The van der Waals surface area contributed by atoms with E-state index in [1.54, 1.807) is 36.0 Å². The van der Waals surface area contributed by atoms with E-state index in [2.05, 4.69) is 16.0 Å². The molecule has 8 nitrogen and oxygen atoms in total. The summed E-state index contributed by atoms with van der Waals surface area (Å²) in [5, 5.41) is 5.39. The summed E-state index contributed by atoms with van der Waals surface area (Å²) in [5.41, 5.74) is 7.57. The predicted octanol–water partition coefficient (Wildman–Crippen LogP) is 4.57. The monoisotopic (exact) mass is 440 g/mol. The molecule has 0 aliphatic rings. The molecule has 5 aromatic rings. The second kappa shape index (κ2) is 8.16. The molecule has 8 heteroatoms. The lowest BCUT2D eigenvalue weighted by atomic mass is 10.1. The lowest BCUT2D eigenvalue weighted by molar-refractivity contribution is 0.0832. The van der Waals surface area contributed by atoms with Crippen molar-refractivity contribution in [3.63, 3.8) is 0 Å². The third-order valence-corrected chi connectivity index (χ3v) is 5.29. The SMILES string of the molecule is Cc1ccc(-c2nn(-c3ccccc3)cc2C(=O)NNC(=O)c2oc3ccccc3c2C)o1. The van der Waals surface area contributed by atoms with E-state index in [1.165, 1.54) is 0 Å². The van der Waals surface area contributed by atoms with Crippen molar-refractivity contribution in [3.8, 4) is 17.1 Å². The van der Waals surface area contributed by atoms with Crippen LogP contribution in [0.2, 0.25) is 0 Å². The van der Waals surface area contributed by atoms with Crippen molar-refractivity contribution in [2.45, 2.75) is 13.8 Å². The molecule has 0 saturated carbocycles. The molecule has 0 radical (unpaired) electrons. The number of rotatable bonds is 4. The normalized spacial score (nSPS) is 11.0. The van der Waals surface area contributed by atoms with Crippen LogP contribution >= 0.6 is 0 Å². The maximum absolute atomic E-state index is 13.0. The summed E-state index contributed by atoms with van der Waals surface area (Å²) < 4.78 is 12.9. The molecule has 2 amide bonds. The summed E-state index contributed by atoms with van der Waals surface area (Å²) in [6, 6.07) is 20.3. The highest BCUT2D eigenvalue weighted by molar-refractivity contribution is 6.03. The van der Waals surface area contributed by atoms with Crippen LogP contribution in [0.25, 0.3) is 28.1 Å². The third kappa shape index (κ3) is 3.78. The number of amides is 2. The second-order valence-corrected chi connectivity index (χ2v) is 7.54. The molecular formula is C25H20N4O4. The lowest BCUT2D eigenvalue weighted by Crippen LogP contribution is -2.41. The smallest absolute Gasteiger partial charge is 0.305 e. The van der Waals surface area contributed by atoms with Crippen LogP contribution in [0, 0.1) is 13.8 Å². The first-order valence-corrected chi connectivity index (χ1v) is 10.3. The maximum Gasteiger partial charge on any atom is 0.305 e. The molecule has 164 valence electrons. The molecule has 3 heterocycles. The van der Waals surface area contributed by atoms with Crippen molar-refractivity contribution in [1.29, 1.82) is 0 Å². The number of aryl methyl sites for hydroxylation is 2. The molecule has 0 bridgehead atoms. The summed E-state index contributed by atoms with van der Waals surface area (Å²) in [5.74, 6) is 0.190. The summed E-state index contributed by atoms with van der Waals surface area (Å²) >= 11 is 0. The Balaban J connectivity index is 1.42. The van der Waals surface area contributed by atoms with Gasteiger partial charge in [0.05, 0.1) is 11.3 Å². The Kier molecular flexibility index (Phi) is 5.02. The Bertz CT molecular complexity index is 1480. The molecule has 0 atom stereocenters. The Hall–Kier alpha value is -4.59. The third-order valence-electron chi connectivity index (χ3n) is 5.29. The Morgan fingerprint density at radius 2 is 1.58 bits per heavy atom. The molecule has 0 saturated heterocycles. The summed E-state index contributed by atoms with van der Waals surface area (Å²) in [7, 11) is 0. The van der Waals surface area contributed by atoms with Gasteiger partial charge < -0.3 is 8.83 Å². The van der Waals surface area contributed by atoms with Crippen LogP contribution in [-0.4, -0.2) is 21.6 Å². The van der Waals surface area contributed by atoms with Gasteiger partial charge in [0.1, 0.15) is 17.0 Å². The van der Waals surface area contributed by atoms with Crippen LogP contribution in [0.1, 0.15) is 32.2 Å². The molecule has 0 unspecified atom stereocenters. The number of benzene rings is 2. The van der Waals surface area contributed by atoms with Crippen molar-refractivity contribution in [1.82, 2.24) is 20.6 Å². The van der Waals surface area contributed by atoms with Gasteiger partial charge in [0.15, 0.2) is 11.5 Å². The number of aromatic nitrogens is 2. The fourth-order valence-electron chi connectivity index (χ4n) is 3.63. The van der Waals surface area contributed by atoms with Gasteiger partial charge in [0.25, 0.3) is 5.91 Å². The first-order valence-electron chi connectivity index (χ1n) is 10.3. The largest absolute Gasteiger partial charge is 0.460 e. The Labute approximate surface area is 188 Å². The number of para-hydroxylation sites is 2. The van der Waals surface area contributed by atoms with E-state index >= 15 is 0 Å². The number of hydrogen-bond acceptors (Lipinski definition) is 5. The van der Waals surface area contributed by atoms with Gasteiger partial charge in [-0.25, -0.2) is 4.68 Å². The molecule has 2 N–H and O–H groups in total. The highest BCUT2D eigenvalue weighted by Gasteiger charge is 2.23. The number of carbonyl (C=O) groups excluding carboxylic acids is 2. The van der Waals surface area contributed by atoms with E-state index in [-0.39, 0.29) is 11.3 Å². The summed E-state index contributed by atoms with van der Waals surface area (Å²) in [6.45, 7) is 3.61. The molecule has 0 spiro atoms. The van der Waals surface area contributed by atoms with Gasteiger partial charge in [0.2, 0.25) is 0 Å². The molecule has 33 heavy (non-hydrogen) atoms. The van der Waals surface area contributed by atoms with Crippen molar-refractivity contribution < 1.29 is 18.4 Å². The van der Waals surface area contributed by atoms with E-state index in [4.69, 9.17) is 8.83 Å². The van der Waals surface area contributed by atoms with Crippen molar-refractivity contribution >= 4 is 22.8 Å². The standard InChI is InChI=1S/C25H20N4O4/c1-15-12-13-21(32-15)22-19(14-29(28-22)17-8-4-3-5-9-17)24(30)26-27-25(31)23-16(2)18-10-6-7-11-20(18)33-23/h3-14H,1-2H3,(H,26,30)(H,27,31). The Morgan fingerprint density at radius 3 is 2.30 bits per heavy atom. The van der Waals surface area contributed by atoms with E-state index in [9.17, 15) is 9.59 Å². The molecule has 3 aromatic heterocycles. The number of furan rings is 2. The van der Waals surface area contributed by atoms with Crippen LogP contribution < -0.4 is 10.9 Å². The zero-order chi connectivity index (χ0) is 22.9. The van der Waals surface area contributed by atoms with Crippen molar-refractivity contribution in [2.24, 2.45) is 0 Å². The van der Waals surface area contributed by atoms with Crippen LogP contribution in [-0.2, 0) is 0 Å². The number of hydrogen-bond donors (Lipinski definition) is 2. The minimum atomic E-state index is -0.553. The maximum atomic E-state index is 13.0. The number of fused-ring (bicyclic) bond motifs is 1. The number of nitrogens with one attached hydrogen (secondary N) is 2. The van der Waals surface area contributed by atoms with Gasteiger partial charge in [0, 0.05) is 17.1 Å². The van der Waals surface area contributed by atoms with Gasteiger partial charge in [-0.3, -0.25) is 20.4 Å². The lowest BCUT2D eigenvalue weighted by Gasteiger charge is -2.06. The van der Waals surface area contributed by atoms with E-state index in [0.717, 1.165) is 11.1 Å². The minimum absolute atomic E-state index is 0.137. The highest BCUT2D eigenvalue weighted by Crippen LogP contribution is 2.26. The van der Waals surface area contributed by atoms with Crippen LogP contribution in [0.5, 0.6) is 0 Å². The van der Waals surface area contributed by atoms with Gasteiger partial charge in [-0.1, -0.05) is 36.4 Å². The number of hydrazine groups is 1. The molecule has 2 aromatic carbocycles. The van der Waals surface area contributed by atoms with Crippen LogP contribution in [0.15, 0.2) is 81.8 Å². The van der Waals surface area contributed by atoms with Gasteiger partial charge in [-0.2, -0.15) is 5.10 Å². The van der Waals surface area contributed by atoms with Gasteiger partial charge in [-0.15, -0.1) is 0 Å².